The number of rotatable bonds is 8. The van der Waals surface area contributed by atoms with Crippen LogP contribution >= 0.6 is 0 Å². The van der Waals surface area contributed by atoms with Gasteiger partial charge in [0.05, 0.1) is 19.8 Å². The van der Waals surface area contributed by atoms with Crippen LogP contribution in [-0.4, -0.2) is 30.6 Å². The van der Waals surface area contributed by atoms with Crippen molar-refractivity contribution in [2.45, 2.75) is 32.7 Å². The van der Waals surface area contributed by atoms with Gasteiger partial charge in [0, 0.05) is 5.56 Å². The first-order valence-corrected chi connectivity index (χ1v) is 7.00. The van der Waals surface area contributed by atoms with E-state index in [2.05, 4.69) is 0 Å². The van der Waals surface area contributed by atoms with E-state index < -0.39 is 12.3 Å². The van der Waals surface area contributed by atoms with Gasteiger partial charge in [0.1, 0.15) is 5.75 Å². The lowest BCUT2D eigenvalue weighted by atomic mass is 10.2. The Bertz CT molecular complexity index is 470. The fourth-order valence-corrected chi connectivity index (χ4v) is 1.55. The molecule has 0 aliphatic carbocycles. The average Bonchev–Trinajstić information content (AvgIpc) is 2.44. The summed E-state index contributed by atoms with van der Waals surface area (Å²) < 4.78 is 47.1. The SMILES string of the molecule is CC(C)COc1ccccc1COCC=CC(O)C(F)(F)F. The van der Waals surface area contributed by atoms with Crippen molar-refractivity contribution >= 4 is 0 Å². The molecule has 0 radical (unpaired) electrons. The molecule has 0 fully saturated rings. The molecule has 1 atom stereocenters. The summed E-state index contributed by atoms with van der Waals surface area (Å²) >= 11 is 0. The maximum absolute atomic E-state index is 12.1. The van der Waals surface area contributed by atoms with E-state index in [4.69, 9.17) is 14.6 Å². The van der Waals surface area contributed by atoms with Crippen molar-refractivity contribution in [2.75, 3.05) is 13.2 Å². The van der Waals surface area contributed by atoms with Crippen LogP contribution in [0.5, 0.6) is 5.75 Å². The maximum atomic E-state index is 12.1. The smallest absolute Gasteiger partial charge is 0.417 e. The number of para-hydroxylation sites is 1. The third kappa shape index (κ3) is 6.95. The minimum absolute atomic E-state index is 0.0222. The number of hydrogen-bond acceptors (Lipinski definition) is 3. The van der Waals surface area contributed by atoms with Crippen molar-refractivity contribution < 1.29 is 27.8 Å². The molecule has 1 unspecified atom stereocenters. The molecule has 0 saturated carbocycles. The largest absolute Gasteiger partial charge is 0.493 e. The number of aliphatic hydroxyl groups is 1. The predicted octanol–water partition coefficient (Wildman–Crippen LogP) is 3.72. The van der Waals surface area contributed by atoms with E-state index in [0.717, 1.165) is 11.6 Å². The second-order valence-electron chi connectivity index (χ2n) is 5.24. The molecule has 0 heterocycles. The van der Waals surface area contributed by atoms with Crippen molar-refractivity contribution in [2.24, 2.45) is 5.92 Å². The molecule has 0 aromatic heterocycles. The third-order valence-electron chi connectivity index (χ3n) is 2.67. The van der Waals surface area contributed by atoms with Crippen LogP contribution in [0.25, 0.3) is 0 Å². The average molecular weight is 318 g/mol. The molecule has 6 heteroatoms. The first-order valence-electron chi connectivity index (χ1n) is 7.00. The Balaban J connectivity index is 2.43. The molecule has 1 N–H and O–H groups in total. The molecule has 0 bridgehead atoms. The molecule has 1 aromatic carbocycles. The number of benzene rings is 1. The first kappa shape index (κ1) is 18.5. The lowest BCUT2D eigenvalue weighted by Gasteiger charge is -2.13. The van der Waals surface area contributed by atoms with Crippen LogP contribution in [0.3, 0.4) is 0 Å². The van der Waals surface area contributed by atoms with E-state index in [1.165, 1.54) is 0 Å². The van der Waals surface area contributed by atoms with Gasteiger partial charge in [-0.3, -0.25) is 0 Å². The number of hydrogen-bond donors (Lipinski definition) is 1. The van der Waals surface area contributed by atoms with Gasteiger partial charge in [0.2, 0.25) is 0 Å². The summed E-state index contributed by atoms with van der Waals surface area (Å²) in [6.45, 7) is 4.85. The van der Waals surface area contributed by atoms with Crippen LogP contribution in [0.4, 0.5) is 13.2 Å². The number of aliphatic hydroxyl groups excluding tert-OH is 1. The van der Waals surface area contributed by atoms with Gasteiger partial charge < -0.3 is 14.6 Å². The Kier molecular flexibility index (Phi) is 7.41. The highest BCUT2D eigenvalue weighted by molar-refractivity contribution is 5.32. The highest BCUT2D eigenvalue weighted by Crippen LogP contribution is 2.21. The molecule has 22 heavy (non-hydrogen) atoms. The highest BCUT2D eigenvalue weighted by atomic mass is 19.4. The zero-order valence-electron chi connectivity index (χ0n) is 12.6. The molecule has 0 aliphatic heterocycles. The van der Waals surface area contributed by atoms with E-state index in [1.807, 2.05) is 38.1 Å². The van der Waals surface area contributed by atoms with E-state index in [1.54, 1.807) is 0 Å². The van der Waals surface area contributed by atoms with Crippen LogP contribution in [0.15, 0.2) is 36.4 Å². The third-order valence-corrected chi connectivity index (χ3v) is 2.67. The molecular formula is C16H21F3O3. The van der Waals surface area contributed by atoms with Crippen molar-refractivity contribution in [3.05, 3.63) is 42.0 Å². The van der Waals surface area contributed by atoms with E-state index in [0.29, 0.717) is 24.4 Å². The topological polar surface area (TPSA) is 38.7 Å². The highest BCUT2D eigenvalue weighted by Gasteiger charge is 2.35. The molecule has 1 aromatic rings. The lowest BCUT2D eigenvalue weighted by Crippen LogP contribution is -2.26. The van der Waals surface area contributed by atoms with Crippen molar-refractivity contribution in [3.8, 4) is 5.75 Å². The van der Waals surface area contributed by atoms with E-state index >= 15 is 0 Å². The van der Waals surface area contributed by atoms with Gasteiger partial charge in [-0.25, -0.2) is 0 Å². The van der Waals surface area contributed by atoms with Crippen molar-refractivity contribution in [3.63, 3.8) is 0 Å². The number of alkyl halides is 3. The maximum Gasteiger partial charge on any atom is 0.417 e. The lowest BCUT2D eigenvalue weighted by molar-refractivity contribution is -0.187. The Labute approximate surface area is 128 Å². The van der Waals surface area contributed by atoms with Crippen LogP contribution in [0, 0.1) is 5.92 Å². The molecule has 1 rings (SSSR count). The summed E-state index contributed by atoms with van der Waals surface area (Å²) in [5, 5.41) is 8.78. The van der Waals surface area contributed by atoms with Crippen LogP contribution in [0.1, 0.15) is 19.4 Å². The summed E-state index contributed by atoms with van der Waals surface area (Å²) in [5.74, 6) is 1.09. The normalized spacial score (nSPS) is 13.8. The predicted molar refractivity (Wildman–Crippen MR) is 77.6 cm³/mol. The molecular weight excluding hydrogens is 297 g/mol. The summed E-state index contributed by atoms with van der Waals surface area (Å²) in [4.78, 5) is 0. The van der Waals surface area contributed by atoms with Gasteiger partial charge in [-0.1, -0.05) is 38.1 Å². The van der Waals surface area contributed by atoms with E-state index in [9.17, 15) is 13.2 Å². The van der Waals surface area contributed by atoms with Crippen LogP contribution < -0.4 is 4.74 Å². The Hall–Kier alpha value is -1.53. The Morgan fingerprint density at radius 1 is 1.23 bits per heavy atom. The molecule has 0 spiro atoms. The van der Waals surface area contributed by atoms with Gasteiger partial charge in [0.15, 0.2) is 6.10 Å². The molecule has 0 amide bonds. The zero-order valence-corrected chi connectivity index (χ0v) is 12.6. The quantitative estimate of drug-likeness (QED) is 0.586. The minimum atomic E-state index is -4.65. The molecule has 3 nitrogen and oxygen atoms in total. The first-order chi connectivity index (χ1) is 10.3. The van der Waals surface area contributed by atoms with Gasteiger partial charge in [-0.05, 0) is 18.1 Å². The molecule has 0 aliphatic rings. The molecule has 124 valence electrons. The summed E-state index contributed by atoms with van der Waals surface area (Å²) in [6, 6.07) is 7.34. The van der Waals surface area contributed by atoms with Crippen molar-refractivity contribution in [1.29, 1.82) is 0 Å². The molecule has 0 saturated heterocycles. The summed E-state index contributed by atoms with van der Waals surface area (Å²) in [5.41, 5.74) is 0.827. The number of ether oxygens (including phenoxy) is 2. The Morgan fingerprint density at radius 3 is 2.55 bits per heavy atom. The second-order valence-corrected chi connectivity index (χ2v) is 5.24. The fourth-order valence-electron chi connectivity index (χ4n) is 1.55. The van der Waals surface area contributed by atoms with Gasteiger partial charge >= 0.3 is 6.18 Å². The van der Waals surface area contributed by atoms with Gasteiger partial charge in [0.25, 0.3) is 0 Å². The van der Waals surface area contributed by atoms with Gasteiger partial charge in [-0.15, -0.1) is 0 Å². The summed E-state index contributed by atoms with van der Waals surface area (Å²) in [7, 11) is 0. The second kappa shape index (κ2) is 8.80. The monoisotopic (exact) mass is 318 g/mol. The van der Waals surface area contributed by atoms with Gasteiger partial charge in [-0.2, -0.15) is 13.2 Å². The minimum Gasteiger partial charge on any atom is -0.493 e. The summed E-state index contributed by atoms with van der Waals surface area (Å²) in [6.07, 6.45) is -5.29. The van der Waals surface area contributed by atoms with Crippen LogP contribution in [-0.2, 0) is 11.3 Å². The fraction of sp³-hybridized carbons (Fsp3) is 0.500. The standard InChI is InChI=1S/C16H21F3O3/c1-12(2)10-22-14-7-4-3-6-13(14)11-21-9-5-8-15(20)16(17,18)19/h3-8,12,15,20H,9-11H2,1-2H3. The Morgan fingerprint density at radius 2 is 1.91 bits per heavy atom. The van der Waals surface area contributed by atoms with Crippen molar-refractivity contribution in [1.82, 2.24) is 0 Å². The number of halogens is 3. The van der Waals surface area contributed by atoms with E-state index in [-0.39, 0.29) is 13.2 Å². The van der Waals surface area contributed by atoms with Crippen LogP contribution in [0.2, 0.25) is 0 Å². The zero-order chi connectivity index (χ0) is 16.6.